The average Bonchev–Trinajstić information content (AvgIpc) is 3.84. The Hall–Kier alpha value is -4.66. The Kier molecular flexibility index (Phi) is 29.3. The van der Waals surface area contributed by atoms with Crippen molar-refractivity contribution < 1.29 is 13.6 Å². The van der Waals surface area contributed by atoms with Crippen molar-refractivity contribution in [2.45, 2.75) is 116 Å². The number of nitrogens with zero attached hydrogens (tertiary/aromatic N) is 5. The van der Waals surface area contributed by atoms with Crippen molar-refractivity contribution in [3.63, 3.8) is 0 Å². The van der Waals surface area contributed by atoms with Gasteiger partial charge in [0.15, 0.2) is 23.3 Å². The van der Waals surface area contributed by atoms with E-state index in [-0.39, 0.29) is 26.7 Å². The molecule has 0 aliphatic carbocycles. The van der Waals surface area contributed by atoms with Crippen molar-refractivity contribution in [3.05, 3.63) is 103 Å². The van der Waals surface area contributed by atoms with Crippen molar-refractivity contribution in [2.24, 2.45) is 5.92 Å². The third-order valence-corrected chi connectivity index (χ3v) is 5.64. The van der Waals surface area contributed by atoms with E-state index in [1.165, 1.54) is 0 Å². The second-order valence-electron chi connectivity index (χ2n) is 10.1. The van der Waals surface area contributed by atoms with E-state index in [2.05, 4.69) is 44.1 Å². The van der Waals surface area contributed by atoms with Crippen molar-refractivity contribution in [3.8, 4) is 22.8 Å². The lowest BCUT2D eigenvalue weighted by Gasteiger charge is -2.06. The molecule has 5 aromatic heterocycles. The fourth-order valence-electron chi connectivity index (χ4n) is 3.27. The SMILES string of the molecule is C.C.CC.CC.CC.CC(C)C(=O)NCc1ccncc1.CC(C)c1ncc(-c2ccccn2)o1.CC(C)c1ncc(-c2cccnc2)o1. The fourth-order valence-corrected chi connectivity index (χ4v) is 3.27. The highest BCUT2D eigenvalue weighted by molar-refractivity contribution is 5.77. The van der Waals surface area contributed by atoms with E-state index < -0.39 is 0 Å². The van der Waals surface area contributed by atoms with Crippen LogP contribution in [0.5, 0.6) is 0 Å². The number of aromatic nitrogens is 5. The molecule has 0 fully saturated rings. The zero-order valence-corrected chi connectivity index (χ0v) is 30.5. The molecule has 0 atom stereocenters. The minimum atomic E-state index is 0. The molecular weight excluding hydrogens is 612 g/mol. The molecule has 5 aromatic rings. The Morgan fingerprint density at radius 2 is 1.18 bits per heavy atom. The summed E-state index contributed by atoms with van der Waals surface area (Å²) in [5.74, 6) is 3.79. The van der Waals surface area contributed by atoms with Crippen LogP contribution in [0.1, 0.15) is 127 Å². The van der Waals surface area contributed by atoms with Crippen molar-refractivity contribution >= 4 is 5.91 Å². The number of hydrogen-bond donors (Lipinski definition) is 1. The number of nitrogens with one attached hydrogen (secondary N) is 1. The number of carbonyl (C=O) groups is 1. The Morgan fingerprint density at radius 1 is 0.633 bits per heavy atom. The van der Waals surface area contributed by atoms with Gasteiger partial charge in [0.25, 0.3) is 0 Å². The predicted molar refractivity (Wildman–Crippen MR) is 206 cm³/mol. The van der Waals surface area contributed by atoms with Crippen LogP contribution in [0.25, 0.3) is 22.8 Å². The van der Waals surface area contributed by atoms with E-state index in [4.69, 9.17) is 8.83 Å². The first-order valence-electron chi connectivity index (χ1n) is 16.6. The summed E-state index contributed by atoms with van der Waals surface area (Å²) in [6.45, 7) is 24.5. The smallest absolute Gasteiger partial charge is 0.222 e. The van der Waals surface area contributed by atoms with Gasteiger partial charge in [-0.25, -0.2) is 9.97 Å². The molecule has 0 aliphatic heterocycles. The standard InChI is InChI=1S/2C11H12N2O.C10H14N2O.3C2H6.2CH4/c1-8(2)11-13-7-10(14-11)9-4-3-5-12-6-9;1-8(2)11-13-7-10(14-11)9-5-3-4-6-12-9;1-8(2)10(13)12-7-9-3-5-11-6-4-9;3*1-2;;/h2*3-8H,1-2H3;3-6,8H,7H2,1-2H3,(H,12,13);3*1-2H3;2*1H4. The molecule has 0 saturated carbocycles. The van der Waals surface area contributed by atoms with E-state index in [0.717, 1.165) is 40.1 Å². The van der Waals surface area contributed by atoms with Gasteiger partial charge in [0, 0.05) is 60.8 Å². The molecule has 0 aromatic carbocycles. The molecule has 5 heterocycles. The monoisotopic (exact) mass is 677 g/mol. The average molecular weight is 677 g/mol. The maximum atomic E-state index is 11.2. The van der Waals surface area contributed by atoms with Gasteiger partial charge in [-0.15, -0.1) is 0 Å². The van der Waals surface area contributed by atoms with Crippen LogP contribution in [0, 0.1) is 5.92 Å². The Labute approximate surface area is 297 Å². The first-order valence-corrected chi connectivity index (χ1v) is 16.6. The van der Waals surface area contributed by atoms with Gasteiger partial charge in [0.05, 0.1) is 12.4 Å². The molecule has 9 heteroatoms. The summed E-state index contributed by atoms with van der Waals surface area (Å²) in [5.41, 5.74) is 2.86. The minimum absolute atomic E-state index is 0. The topological polar surface area (TPSA) is 120 Å². The van der Waals surface area contributed by atoms with Gasteiger partial charge in [-0.2, -0.15) is 0 Å². The summed E-state index contributed by atoms with van der Waals surface area (Å²) in [6.07, 6.45) is 12.2. The molecular formula is C40H64N6O3. The van der Waals surface area contributed by atoms with E-state index >= 15 is 0 Å². The highest BCUT2D eigenvalue weighted by atomic mass is 16.4. The van der Waals surface area contributed by atoms with Gasteiger partial charge in [-0.05, 0) is 42.0 Å². The fraction of sp³-hybridized carbons (Fsp3) is 0.450. The second kappa shape index (κ2) is 29.5. The number of pyridine rings is 3. The molecule has 49 heavy (non-hydrogen) atoms. The van der Waals surface area contributed by atoms with E-state index in [9.17, 15) is 4.79 Å². The van der Waals surface area contributed by atoms with Crippen molar-refractivity contribution in [1.82, 2.24) is 30.2 Å². The van der Waals surface area contributed by atoms with Gasteiger partial charge < -0.3 is 14.2 Å². The largest absolute Gasteiger partial charge is 0.440 e. The number of carbonyl (C=O) groups excluding carboxylic acids is 1. The highest BCUT2D eigenvalue weighted by Crippen LogP contribution is 2.23. The molecule has 0 radical (unpaired) electrons. The Morgan fingerprint density at radius 3 is 1.63 bits per heavy atom. The third-order valence-electron chi connectivity index (χ3n) is 5.64. The summed E-state index contributed by atoms with van der Waals surface area (Å²) >= 11 is 0. The zero-order chi connectivity index (χ0) is 35.6. The second-order valence-corrected chi connectivity index (χ2v) is 10.1. The molecule has 0 spiro atoms. The molecule has 0 aliphatic rings. The lowest BCUT2D eigenvalue weighted by molar-refractivity contribution is -0.124. The number of rotatable bonds is 7. The Bertz CT molecular complexity index is 1350. The number of oxazole rings is 2. The minimum Gasteiger partial charge on any atom is -0.440 e. The molecule has 0 bridgehead atoms. The van der Waals surface area contributed by atoms with Gasteiger partial charge >= 0.3 is 0 Å². The van der Waals surface area contributed by atoms with Gasteiger partial charge in [-0.1, -0.05) is 104 Å². The molecule has 9 nitrogen and oxygen atoms in total. The first kappa shape index (κ1) is 48.7. The first-order chi connectivity index (χ1) is 22.7. The van der Waals surface area contributed by atoms with Gasteiger partial charge in [0.1, 0.15) is 5.69 Å². The summed E-state index contributed by atoms with van der Waals surface area (Å²) in [6, 6.07) is 13.3. The lowest BCUT2D eigenvalue weighted by atomic mass is 10.2. The predicted octanol–water partition coefficient (Wildman–Crippen LogP) is 11.4. The summed E-state index contributed by atoms with van der Waals surface area (Å²) in [4.78, 5) is 31.7. The molecule has 1 N–H and O–H groups in total. The van der Waals surface area contributed by atoms with Crippen LogP contribution in [0.4, 0.5) is 0 Å². The molecule has 0 saturated heterocycles. The molecule has 272 valence electrons. The Balaban J connectivity index is -0.000000590. The van der Waals surface area contributed by atoms with Crippen LogP contribution >= 0.6 is 0 Å². The summed E-state index contributed by atoms with van der Waals surface area (Å²) < 4.78 is 11.1. The van der Waals surface area contributed by atoms with Crippen LogP contribution in [-0.4, -0.2) is 30.8 Å². The molecule has 1 amide bonds. The molecule has 5 rings (SSSR count). The summed E-state index contributed by atoms with van der Waals surface area (Å²) in [7, 11) is 0. The number of hydrogen-bond acceptors (Lipinski definition) is 8. The lowest BCUT2D eigenvalue weighted by Crippen LogP contribution is -2.27. The van der Waals surface area contributed by atoms with Crippen LogP contribution in [0.15, 0.2) is 94.7 Å². The van der Waals surface area contributed by atoms with Crippen molar-refractivity contribution in [1.29, 1.82) is 0 Å². The maximum Gasteiger partial charge on any atom is 0.222 e. The maximum absolute atomic E-state index is 11.2. The van der Waals surface area contributed by atoms with E-state index in [1.807, 2.05) is 112 Å². The third kappa shape index (κ3) is 19.1. The molecule has 0 unspecified atom stereocenters. The zero-order valence-electron chi connectivity index (χ0n) is 30.5. The van der Waals surface area contributed by atoms with E-state index in [0.29, 0.717) is 18.4 Å². The number of amides is 1. The van der Waals surface area contributed by atoms with Crippen molar-refractivity contribution in [2.75, 3.05) is 0 Å². The van der Waals surface area contributed by atoms with E-state index in [1.54, 1.807) is 43.4 Å². The van der Waals surface area contributed by atoms with Gasteiger partial charge in [0.2, 0.25) is 5.91 Å². The van der Waals surface area contributed by atoms with Crippen LogP contribution in [0.2, 0.25) is 0 Å². The quantitative estimate of drug-likeness (QED) is 0.181. The highest BCUT2D eigenvalue weighted by Gasteiger charge is 2.10. The van der Waals surface area contributed by atoms with Crippen LogP contribution in [0.3, 0.4) is 0 Å². The van der Waals surface area contributed by atoms with Crippen LogP contribution < -0.4 is 5.32 Å². The normalized spacial score (nSPS) is 9.20. The van der Waals surface area contributed by atoms with Crippen LogP contribution in [-0.2, 0) is 11.3 Å². The summed E-state index contributed by atoms with van der Waals surface area (Å²) in [5, 5.41) is 2.83. The van der Waals surface area contributed by atoms with Gasteiger partial charge in [-0.3, -0.25) is 19.7 Å².